The summed E-state index contributed by atoms with van der Waals surface area (Å²) in [5, 5.41) is 4.95. The monoisotopic (exact) mass is 617 g/mol. The molecule has 7 aromatic carbocycles. The second-order valence-corrected chi connectivity index (χ2v) is 12.8. The minimum Gasteiger partial charge on any atom is -0.208 e. The van der Waals surface area contributed by atoms with Crippen LogP contribution in [-0.4, -0.2) is 15.0 Å². The lowest BCUT2D eigenvalue weighted by Crippen LogP contribution is -2.00. The fourth-order valence-corrected chi connectivity index (χ4v) is 7.52. The maximum atomic E-state index is 5.10. The van der Waals surface area contributed by atoms with Gasteiger partial charge in [-0.2, -0.15) is 0 Å². The maximum Gasteiger partial charge on any atom is 0.164 e. The van der Waals surface area contributed by atoms with E-state index >= 15 is 0 Å². The normalized spacial score (nSPS) is 11.4. The Kier molecular flexibility index (Phi) is 6.65. The summed E-state index contributed by atoms with van der Waals surface area (Å²) in [6.07, 6.45) is 0. The molecule has 0 radical (unpaired) electrons. The van der Waals surface area contributed by atoms with Gasteiger partial charge in [-0.1, -0.05) is 140 Å². The van der Waals surface area contributed by atoms with Crippen LogP contribution in [0.25, 0.3) is 87.4 Å². The first-order chi connectivity index (χ1) is 23.3. The second-order valence-electron chi connectivity index (χ2n) is 11.7. The van der Waals surface area contributed by atoms with Crippen molar-refractivity contribution in [1.82, 2.24) is 15.0 Å². The van der Waals surface area contributed by atoms with E-state index in [1.54, 1.807) is 0 Å². The van der Waals surface area contributed by atoms with Crippen LogP contribution in [0.1, 0.15) is 0 Å². The van der Waals surface area contributed by atoms with E-state index in [1.165, 1.54) is 42.2 Å². The Morgan fingerprint density at radius 1 is 0.319 bits per heavy atom. The van der Waals surface area contributed by atoms with Crippen LogP contribution in [0.2, 0.25) is 0 Å². The summed E-state index contributed by atoms with van der Waals surface area (Å²) in [6, 6.07) is 57.5. The van der Waals surface area contributed by atoms with Crippen LogP contribution >= 0.6 is 11.3 Å². The molecule has 0 unspecified atom stereocenters. The molecule has 2 aromatic heterocycles. The van der Waals surface area contributed by atoms with E-state index in [4.69, 9.17) is 15.0 Å². The average Bonchev–Trinajstić information content (AvgIpc) is 3.53. The molecule has 9 rings (SSSR count). The lowest BCUT2D eigenvalue weighted by atomic mass is 9.96. The lowest BCUT2D eigenvalue weighted by Gasteiger charge is -2.11. The number of benzene rings is 7. The molecule has 0 fully saturated rings. The van der Waals surface area contributed by atoms with Crippen molar-refractivity contribution < 1.29 is 0 Å². The Balaban J connectivity index is 1.18. The second kappa shape index (κ2) is 11.4. The van der Waals surface area contributed by atoms with Gasteiger partial charge in [-0.3, -0.25) is 0 Å². The van der Waals surface area contributed by atoms with Gasteiger partial charge in [0.2, 0.25) is 0 Å². The zero-order chi connectivity index (χ0) is 31.2. The highest BCUT2D eigenvalue weighted by atomic mass is 32.1. The third kappa shape index (κ3) is 5.05. The van der Waals surface area contributed by atoms with E-state index < -0.39 is 0 Å². The lowest BCUT2D eigenvalue weighted by molar-refractivity contribution is 1.07. The van der Waals surface area contributed by atoms with Crippen molar-refractivity contribution in [2.45, 2.75) is 0 Å². The topological polar surface area (TPSA) is 38.7 Å². The van der Waals surface area contributed by atoms with Crippen LogP contribution in [-0.2, 0) is 0 Å². The van der Waals surface area contributed by atoms with Crippen LogP contribution in [0, 0.1) is 0 Å². The third-order valence-electron chi connectivity index (χ3n) is 8.73. The molecule has 9 aromatic rings. The first kappa shape index (κ1) is 27.3. The van der Waals surface area contributed by atoms with Crippen molar-refractivity contribution in [3.05, 3.63) is 164 Å². The van der Waals surface area contributed by atoms with Gasteiger partial charge in [0.15, 0.2) is 17.5 Å². The first-order valence-corrected chi connectivity index (χ1v) is 16.5. The Bertz CT molecular complexity index is 2570. The minimum absolute atomic E-state index is 0.648. The fraction of sp³-hybridized carbons (Fsp3) is 0. The van der Waals surface area contributed by atoms with Gasteiger partial charge in [0.05, 0.1) is 0 Å². The highest BCUT2D eigenvalue weighted by Crippen LogP contribution is 2.37. The predicted octanol–water partition coefficient (Wildman–Crippen LogP) is 11.7. The Morgan fingerprint density at radius 2 is 0.894 bits per heavy atom. The van der Waals surface area contributed by atoms with Crippen LogP contribution in [0.4, 0.5) is 0 Å². The van der Waals surface area contributed by atoms with Gasteiger partial charge in [0.1, 0.15) is 0 Å². The zero-order valence-electron chi connectivity index (χ0n) is 25.3. The van der Waals surface area contributed by atoms with Crippen LogP contribution < -0.4 is 0 Å². The van der Waals surface area contributed by atoms with Crippen molar-refractivity contribution >= 4 is 42.3 Å². The molecule has 0 saturated heterocycles. The summed E-state index contributed by atoms with van der Waals surface area (Å²) in [5.41, 5.74) is 7.52. The van der Waals surface area contributed by atoms with E-state index in [1.807, 2.05) is 41.7 Å². The summed E-state index contributed by atoms with van der Waals surface area (Å²) in [7, 11) is 0. The van der Waals surface area contributed by atoms with Crippen molar-refractivity contribution in [3.63, 3.8) is 0 Å². The fourth-order valence-electron chi connectivity index (χ4n) is 6.37. The maximum absolute atomic E-state index is 5.10. The quantitative estimate of drug-likeness (QED) is 0.193. The highest BCUT2D eigenvalue weighted by molar-refractivity contribution is 7.25. The Labute approximate surface area is 276 Å². The number of thiophene rings is 1. The number of nitrogens with zero attached hydrogens (tertiary/aromatic N) is 3. The van der Waals surface area contributed by atoms with Crippen molar-refractivity contribution in [2.75, 3.05) is 0 Å². The Morgan fingerprint density at radius 3 is 1.70 bits per heavy atom. The number of rotatable bonds is 5. The average molecular weight is 618 g/mol. The van der Waals surface area contributed by atoms with Gasteiger partial charge in [0, 0.05) is 36.9 Å². The van der Waals surface area contributed by atoms with Crippen molar-refractivity contribution in [1.29, 1.82) is 0 Å². The molecule has 0 aliphatic rings. The molecular weight excluding hydrogens is 591 g/mol. The van der Waals surface area contributed by atoms with Gasteiger partial charge < -0.3 is 0 Å². The molecule has 0 bridgehead atoms. The van der Waals surface area contributed by atoms with E-state index in [-0.39, 0.29) is 0 Å². The van der Waals surface area contributed by atoms with Crippen LogP contribution in [0.5, 0.6) is 0 Å². The molecular formula is C43H27N3S. The summed E-state index contributed by atoms with van der Waals surface area (Å²) in [4.78, 5) is 15.1. The van der Waals surface area contributed by atoms with E-state index in [9.17, 15) is 0 Å². The molecule has 0 atom stereocenters. The molecule has 47 heavy (non-hydrogen) atoms. The standard InChI is InChI=1S/C43H27N3S/c1-3-11-28(12-4-1)35-19-10-15-29-21-22-34(26-38(29)35)43-45-41(30-13-5-2-6-14-30)44-42(46-43)33-17-9-16-31(25-33)32-23-24-37-36-18-7-8-20-39(36)47-40(37)27-32/h1-27H. The molecule has 0 spiro atoms. The third-order valence-corrected chi connectivity index (χ3v) is 9.86. The smallest absolute Gasteiger partial charge is 0.164 e. The molecule has 0 saturated carbocycles. The van der Waals surface area contributed by atoms with Gasteiger partial charge in [0.25, 0.3) is 0 Å². The molecule has 0 aliphatic carbocycles. The highest BCUT2D eigenvalue weighted by Gasteiger charge is 2.15. The number of aromatic nitrogens is 3. The molecule has 0 aliphatic heterocycles. The van der Waals surface area contributed by atoms with Gasteiger partial charge >= 0.3 is 0 Å². The molecule has 4 heteroatoms. The molecule has 0 amide bonds. The summed E-state index contributed by atoms with van der Waals surface area (Å²) < 4.78 is 2.60. The summed E-state index contributed by atoms with van der Waals surface area (Å²) in [5.74, 6) is 1.95. The van der Waals surface area contributed by atoms with Crippen LogP contribution in [0.15, 0.2) is 164 Å². The molecule has 0 N–H and O–H groups in total. The summed E-state index contributed by atoms with van der Waals surface area (Å²) >= 11 is 1.84. The van der Waals surface area contributed by atoms with Crippen molar-refractivity contribution in [3.8, 4) is 56.4 Å². The molecule has 220 valence electrons. The van der Waals surface area contributed by atoms with E-state index in [0.717, 1.165) is 27.6 Å². The Hall–Kier alpha value is -5.97. The van der Waals surface area contributed by atoms with Gasteiger partial charge in [-0.15, -0.1) is 11.3 Å². The zero-order valence-corrected chi connectivity index (χ0v) is 26.2. The van der Waals surface area contributed by atoms with E-state index in [0.29, 0.717) is 17.5 Å². The first-order valence-electron chi connectivity index (χ1n) is 15.7. The number of hydrogen-bond donors (Lipinski definition) is 0. The molecule has 2 heterocycles. The number of hydrogen-bond acceptors (Lipinski definition) is 4. The minimum atomic E-state index is 0.648. The van der Waals surface area contributed by atoms with E-state index in [2.05, 4.69) is 133 Å². The van der Waals surface area contributed by atoms with Gasteiger partial charge in [-0.25, -0.2) is 15.0 Å². The van der Waals surface area contributed by atoms with Crippen LogP contribution in [0.3, 0.4) is 0 Å². The predicted molar refractivity (Wildman–Crippen MR) is 197 cm³/mol. The summed E-state index contributed by atoms with van der Waals surface area (Å²) in [6.45, 7) is 0. The largest absolute Gasteiger partial charge is 0.208 e. The molecule has 3 nitrogen and oxygen atoms in total. The number of fused-ring (bicyclic) bond motifs is 4. The SMILES string of the molecule is c1ccc(-c2nc(-c3cccc(-c4ccc5c(c4)sc4ccccc45)c3)nc(-c3ccc4cccc(-c5ccccc5)c4c3)n2)cc1. The van der Waals surface area contributed by atoms with Gasteiger partial charge in [-0.05, 0) is 57.3 Å². The van der Waals surface area contributed by atoms with Crippen molar-refractivity contribution in [2.24, 2.45) is 0 Å².